The molecule has 0 radical (unpaired) electrons. The molecule has 1 aliphatic heterocycles. The molecular weight excluding hydrogens is 324 g/mol. The lowest BCUT2D eigenvalue weighted by molar-refractivity contribution is -0.119. The zero-order chi connectivity index (χ0) is 16.3. The lowest BCUT2D eigenvalue weighted by Gasteiger charge is -2.11. The van der Waals surface area contributed by atoms with E-state index in [1.807, 2.05) is 20.9 Å². The number of rotatable bonds is 6. The molecule has 1 aromatic heterocycles. The molecular formula is C13H22N4O3S2. The third-order valence-electron chi connectivity index (χ3n) is 3.82. The van der Waals surface area contributed by atoms with E-state index in [1.165, 1.54) is 11.8 Å². The number of amides is 1. The molecule has 0 aromatic carbocycles. The fraction of sp³-hybridized carbons (Fsp3) is 0.769. The molecule has 1 amide bonds. The number of hydrogen-bond acceptors (Lipinski definition) is 6. The van der Waals surface area contributed by atoms with E-state index in [4.69, 9.17) is 0 Å². The predicted octanol–water partition coefficient (Wildman–Crippen LogP) is 0.724. The third kappa shape index (κ3) is 4.22. The van der Waals surface area contributed by atoms with Crippen molar-refractivity contribution in [2.75, 3.05) is 17.3 Å². The van der Waals surface area contributed by atoms with Crippen LogP contribution in [0, 0.1) is 0 Å². The second-order valence-corrected chi connectivity index (χ2v) is 8.84. The topological polar surface area (TPSA) is 94.0 Å². The molecule has 1 fully saturated rings. The number of sulfone groups is 1. The van der Waals surface area contributed by atoms with Crippen molar-refractivity contribution in [2.45, 2.75) is 43.8 Å². The van der Waals surface area contributed by atoms with Crippen LogP contribution in [0.1, 0.15) is 38.4 Å². The standard InChI is InChI=1S/C13H22N4O3S2/c1-4-9(2)14-11(18)7-21-13-16-15-12(17(13)3)10-5-6-22(19,20)8-10/h9-10H,4-8H2,1-3H3,(H,14,18)/t9-,10+/m1/s1. The van der Waals surface area contributed by atoms with Gasteiger partial charge in [-0.3, -0.25) is 4.79 Å². The first kappa shape index (κ1) is 17.3. The van der Waals surface area contributed by atoms with Gasteiger partial charge in [0.2, 0.25) is 5.91 Å². The summed E-state index contributed by atoms with van der Waals surface area (Å²) in [5.74, 6) is 1.19. The Balaban J connectivity index is 1.95. The maximum absolute atomic E-state index is 11.8. The molecule has 1 saturated heterocycles. The van der Waals surface area contributed by atoms with Gasteiger partial charge in [0.25, 0.3) is 0 Å². The van der Waals surface area contributed by atoms with E-state index in [9.17, 15) is 13.2 Å². The van der Waals surface area contributed by atoms with Gasteiger partial charge in [0, 0.05) is 19.0 Å². The summed E-state index contributed by atoms with van der Waals surface area (Å²) in [7, 11) is -1.13. The summed E-state index contributed by atoms with van der Waals surface area (Å²) < 4.78 is 24.9. The zero-order valence-corrected chi connectivity index (χ0v) is 14.7. The fourth-order valence-corrected chi connectivity index (χ4v) is 4.82. The number of carbonyl (C=O) groups is 1. The van der Waals surface area contributed by atoms with E-state index in [0.29, 0.717) is 17.4 Å². The van der Waals surface area contributed by atoms with E-state index in [2.05, 4.69) is 15.5 Å². The second-order valence-electron chi connectivity index (χ2n) is 5.67. The Hall–Kier alpha value is -1.09. The second kappa shape index (κ2) is 6.99. The summed E-state index contributed by atoms with van der Waals surface area (Å²) >= 11 is 1.32. The first-order valence-electron chi connectivity index (χ1n) is 7.34. The van der Waals surface area contributed by atoms with Gasteiger partial charge in [-0.25, -0.2) is 8.42 Å². The van der Waals surface area contributed by atoms with Crippen LogP contribution in [0.3, 0.4) is 0 Å². The average molecular weight is 346 g/mol. The van der Waals surface area contributed by atoms with E-state index in [-0.39, 0.29) is 35.1 Å². The number of nitrogens with zero attached hydrogens (tertiary/aromatic N) is 3. The normalized spacial score (nSPS) is 21.7. The minimum Gasteiger partial charge on any atom is -0.353 e. The Kier molecular flexibility index (Phi) is 5.49. The first-order valence-corrected chi connectivity index (χ1v) is 10.1. The van der Waals surface area contributed by atoms with Crippen molar-refractivity contribution < 1.29 is 13.2 Å². The van der Waals surface area contributed by atoms with Crippen LogP contribution in [-0.4, -0.2) is 52.4 Å². The van der Waals surface area contributed by atoms with Crippen LogP contribution in [-0.2, 0) is 21.7 Å². The highest BCUT2D eigenvalue weighted by Gasteiger charge is 2.32. The molecule has 0 saturated carbocycles. The molecule has 1 aromatic rings. The van der Waals surface area contributed by atoms with Gasteiger partial charge in [0.15, 0.2) is 15.0 Å². The minimum atomic E-state index is -2.95. The molecule has 124 valence electrons. The Morgan fingerprint density at radius 1 is 1.50 bits per heavy atom. The molecule has 2 atom stereocenters. The van der Waals surface area contributed by atoms with E-state index in [1.54, 1.807) is 4.57 Å². The van der Waals surface area contributed by atoms with Crippen molar-refractivity contribution in [3.8, 4) is 0 Å². The Labute approximate surface area is 135 Å². The van der Waals surface area contributed by atoms with Gasteiger partial charge in [0.05, 0.1) is 17.3 Å². The molecule has 9 heteroatoms. The van der Waals surface area contributed by atoms with Crippen LogP contribution in [0.5, 0.6) is 0 Å². The first-order chi connectivity index (χ1) is 10.3. The Morgan fingerprint density at radius 3 is 2.82 bits per heavy atom. The van der Waals surface area contributed by atoms with Gasteiger partial charge in [-0.15, -0.1) is 10.2 Å². The highest BCUT2D eigenvalue weighted by molar-refractivity contribution is 7.99. The molecule has 0 aliphatic carbocycles. The molecule has 1 N–H and O–H groups in total. The van der Waals surface area contributed by atoms with E-state index in [0.717, 1.165) is 6.42 Å². The van der Waals surface area contributed by atoms with Crippen molar-refractivity contribution in [1.82, 2.24) is 20.1 Å². The van der Waals surface area contributed by atoms with E-state index < -0.39 is 9.84 Å². The zero-order valence-electron chi connectivity index (χ0n) is 13.1. The molecule has 1 aliphatic rings. The number of hydrogen-bond donors (Lipinski definition) is 1. The Morgan fingerprint density at radius 2 is 2.23 bits per heavy atom. The van der Waals surface area contributed by atoms with Crippen molar-refractivity contribution in [1.29, 1.82) is 0 Å². The average Bonchev–Trinajstić information content (AvgIpc) is 2.99. The molecule has 22 heavy (non-hydrogen) atoms. The van der Waals surface area contributed by atoms with Gasteiger partial charge in [0.1, 0.15) is 5.82 Å². The molecule has 0 bridgehead atoms. The van der Waals surface area contributed by atoms with E-state index >= 15 is 0 Å². The maximum Gasteiger partial charge on any atom is 0.230 e. The van der Waals surface area contributed by atoms with Crippen LogP contribution in [0.2, 0.25) is 0 Å². The van der Waals surface area contributed by atoms with Crippen molar-refractivity contribution in [3.63, 3.8) is 0 Å². The number of nitrogens with one attached hydrogen (secondary N) is 1. The Bertz CT molecular complexity index is 642. The lowest BCUT2D eigenvalue weighted by Crippen LogP contribution is -2.33. The number of thioether (sulfide) groups is 1. The highest BCUT2D eigenvalue weighted by Crippen LogP contribution is 2.29. The maximum atomic E-state index is 11.8. The summed E-state index contributed by atoms with van der Waals surface area (Å²) in [6.07, 6.45) is 1.48. The van der Waals surface area contributed by atoms with Crippen LogP contribution in [0.25, 0.3) is 0 Å². The molecule has 2 heterocycles. The van der Waals surface area contributed by atoms with Crippen LogP contribution in [0.15, 0.2) is 5.16 Å². The SMILES string of the molecule is CC[C@@H](C)NC(=O)CSc1nnc([C@H]2CCS(=O)(=O)C2)n1C. The van der Waals surface area contributed by atoms with Crippen molar-refractivity contribution in [3.05, 3.63) is 5.82 Å². The summed E-state index contributed by atoms with van der Waals surface area (Å²) in [5, 5.41) is 11.7. The van der Waals surface area contributed by atoms with Crippen molar-refractivity contribution >= 4 is 27.5 Å². The van der Waals surface area contributed by atoms with Gasteiger partial charge < -0.3 is 9.88 Å². The summed E-state index contributed by atoms with van der Waals surface area (Å²) in [5.41, 5.74) is 0. The minimum absolute atomic E-state index is 0.0349. The van der Waals surface area contributed by atoms with Gasteiger partial charge >= 0.3 is 0 Å². The van der Waals surface area contributed by atoms with Crippen LogP contribution in [0.4, 0.5) is 0 Å². The van der Waals surface area contributed by atoms with Crippen LogP contribution >= 0.6 is 11.8 Å². The summed E-state index contributed by atoms with van der Waals surface area (Å²) in [4.78, 5) is 11.8. The number of aromatic nitrogens is 3. The predicted molar refractivity (Wildman–Crippen MR) is 85.6 cm³/mol. The van der Waals surface area contributed by atoms with Crippen LogP contribution < -0.4 is 5.32 Å². The monoisotopic (exact) mass is 346 g/mol. The van der Waals surface area contributed by atoms with Gasteiger partial charge in [-0.05, 0) is 19.8 Å². The third-order valence-corrected chi connectivity index (χ3v) is 6.61. The largest absolute Gasteiger partial charge is 0.353 e. The van der Waals surface area contributed by atoms with Gasteiger partial charge in [-0.1, -0.05) is 18.7 Å². The number of carbonyl (C=O) groups excluding carboxylic acids is 1. The summed E-state index contributed by atoms with van der Waals surface area (Å²) in [6.45, 7) is 3.98. The summed E-state index contributed by atoms with van der Waals surface area (Å²) in [6, 6.07) is 0.159. The molecule has 0 unspecified atom stereocenters. The lowest BCUT2D eigenvalue weighted by atomic mass is 10.1. The quantitative estimate of drug-likeness (QED) is 0.763. The van der Waals surface area contributed by atoms with Crippen molar-refractivity contribution in [2.24, 2.45) is 7.05 Å². The molecule has 2 rings (SSSR count). The van der Waals surface area contributed by atoms with Gasteiger partial charge in [-0.2, -0.15) is 0 Å². The highest BCUT2D eigenvalue weighted by atomic mass is 32.2. The fourth-order valence-electron chi connectivity index (χ4n) is 2.35. The smallest absolute Gasteiger partial charge is 0.230 e. The molecule has 7 nitrogen and oxygen atoms in total. The molecule has 0 spiro atoms.